The molecule has 0 bridgehead atoms. The van der Waals surface area contributed by atoms with Crippen LogP contribution in [-0.2, 0) is 16.0 Å². The van der Waals surface area contributed by atoms with Gasteiger partial charge in [-0.05, 0) is 56.9 Å². The molecule has 3 heteroatoms. The van der Waals surface area contributed by atoms with E-state index in [-0.39, 0.29) is 0 Å². The lowest BCUT2D eigenvalue weighted by molar-refractivity contribution is -0.135. The van der Waals surface area contributed by atoms with Gasteiger partial charge in [0.1, 0.15) is 0 Å². The normalized spacial score (nSPS) is 24.8. The summed E-state index contributed by atoms with van der Waals surface area (Å²) in [6, 6.07) is 11.1. The second-order valence-corrected chi connectivity index (χ2v) is 6.93. The van der Waals surface area contributed by atoms with Crippen LogP contribution in [0, 0.1) is 0 Å². The van der Waals surface area contributed by atoms with Crippen LogP contribution < -0.4 is 0 Å². The third kappa shape index (κ3) is 4.81. The maximum atomic E-state index is 12.6. The number of aryl methyl sites for hydroxylation is 1. The summed E-state index contributed by atoms with van der Waals surface area (Å²) in [5.41, 5.74) is 1.38. The highest BCUT2D eigenvalue weighted by Crippen LogP contribution is 2.24. The Balaban J connectivity index is 1.49. The van der Waals surface area contributed by atoms with Crippen molar-refractivity contribution in [2.45, 2.75) is 69.9 Å². The quantitative estimate of drug-likeness (QED) is 0.795. The minimum Gasteiger partial charge on any atom is -0.378 e. The summed E-state index contributed by atoms with van der Waals surface area (Å²) in [5.74, 6) is 0.346. The number of ether oxygens (including phenoxy) is 1. The summed E-state index contributed by atoms with van der Waals surface area (Å²) in [6.45, 7) is 1.83. The molecule has 3 nitrogen and oxygen atoms in total. The van der Waals surface area contributed by atoms with Crippen LogP contribution in [-0.4, -0.2) is 36.1 Å². The number of hydrogen-bond acceptors (Lipinski definition) is 2. The predicted molar refractivity (Wildman–Crippen MR) is 92.3 cm³/mol. The summed E-state index contributed by atoms with van der Waals surface area (Å²) in [7, 11) is 0. The van der Waals surface area contributed by atoms with Gasteiger partial charge in [-0.15, -0.1) is 0 Å². The smallest absolute Gasteiger partial charge is 0.222 e. The molecule has 2 heterocycles. The van der Waals surface area contributed by atoms with Gasteiger partial charge in [-0.2, -0.15) is 0 Å². The molecular weight excluding hydrogens is 286 g/mol. The number of amides is 1. The first-order chi connectivity index (χ1) is 11.3. The number of likely N-dealkylation sites (tertiary alicyclic amines) is 1. The van der Waals surface area contributed by atoms with Crippen molar-refractivity contribution in [2.75, 3.05) is 13.2 Å². The summed E-state index contributed by atoms with van der Waals surface area (Å²) in [6.07, 6.45) is 9.92. The van der Waals surface area contributed by atoms with Gasteiger partial charge >= 0.3 is 0 Å². The van der Waals surface area contributed by atoms with Crippen molar-refractivity contribution in [1.82, 2.24) is 4.90 Å². The predicted octanol–water partition coefficient (Wildman–Crippen LogP) is 3.96. The molecule has 23 heavy (non-hydrogen) atoms. The molecule has 1 aromatic carbocycles. The molecule has 2 saturated heterocycles. The fraction of sp³-hybridized carbons (Fsp3) is 0.650. The molecule has 1 aromatic rings. The Morgan fingerprint density at radius 3 is 2.74 bits per heavy atom. The fourth-order valence-corrected chi connectivity index (χ4v) is 3.91. The third-order valence-electron chi connectivity index (χ3n) is 5.26. The van der Waals surface area contributed by atoms with E-state index in [2.05, 4.69) is 35.2 Å². The Hall–Kier alpha value is -1.35. The van der Waals surface area contributed by atoms with Gasteiger partial charge < -0.3 is 9.64 Å². The molecule has 0 saturated carbocycles. The highest BCUT2D eigenvalue weighted by Gasteiger charge is 2.27. The van der Waals surface area contributed by atoms with Gasteiger partial charge in [0.05, 0.1) is 6.10 Å². The molecule has 1 amide bonds. The van der Waals surface area contributed by atoms with Gasteiger partial charge in [0.25, 0.3) is 0 Å². The highest BCUT2D eigenvalue weighted by atomic mass is 16.5. The summed E-state index contributed by atoms with van der Waals surface area (Å²) in [5, 5.41) is 0. The Morgan fingerprint density at radius 2 is 1.96 bits per heavy atom. The first-order valence-electron chi connectivity index (χ1n) is 9.28. The van der Waals surface area contributed by atoms with Crippen LogP contribution in [0.25, 0.3) is 0 Å². The van der Waals surface area contributed by atoms with Crippen molar-refractivity contribution in [1.29, 1.82) is 0 Å². The topological polar surface area (TPSA) is 29.5 Å². The minimum absolute atomic E-state index is 0.325. The number of piperidine rings is 1. The first-order valence-corrected chi connectivity index (χ1v) is 9.28. The number of carbonyl (C=O) groups excluding carboxylic acids is 1. The van der Waals surface area contributed by atoms with E-state index in [4.69, 9.17) is 4.74 Å². The first kappa shape index (κ1) is 16.5. The van der Waals surface area contributed by atoms with Crippen molar-refractivity contribution < 1.29 is 9.53 Å². The Morgan fingerprint density at radius 1 is 1.09 bits per heavy atom. The summed E-state index contributed by atoms with van der Waals surface area (Å²) < 4.78 is 5.65. The number of rotatable bonds is 6. The zero-order valence-electron chi connectivity index (χ0n) is 14.1. The van der Waals surface area contributed by atoms with E-state index >= 15 is 0 Å². The van der Waals surface area contributed by atoms with Gasteiger partial charge in [-0.1, -0.05) is 30.3 Å². The zero-order chi connectivity index (χ0) is 15.9. The Labute approximate surface area is 140 Å². The second-order valence-electron chi connectivity index (χ2n) is 6.93. The van der Waals surface area contributed by atoms with E-state index in [1.54, 1.807) is 0 Å². The van der Waals surface area contributed by atoms with Crippen molar-refractivity contribution >= 4 is 5.91 Å². The molecule has 0 N–H and O–H groups in total. The average Bonchev–Trinajstić information content (AvgIpc) is 3.12. The van der Waals surface area contributed by atoms with Gasteiger partial charge in [-0.25, -0.2) is 0 Å². The van der Waals surface area contributed by atoms with E-state index in [9.17, 15) is 4.79 Å². The molecule has 2 aliphatic heterocycles. The van der Waals surface area contributed by atoms with E-state index in [1.807, 2.05) is 0 Å². The highest BCUT2D eigenvalue weighted by molar-refractivity contribution is 5.76. The molecule has 0 aromatic heterocycles. The van der Waals surface area contributed by atoms with Crippen LogP contribution in [0.5, 0.6) is 0 Å². The fourth-order valence-electron chi connectivity index (χ4n) is 3.91. The molecule has 3 rings (SSSR count). The Bertz CT molecular complexity index is 482. The molecule has 2 fully saturated rings. The summed E-state index contributed by atoms with van der Waals surface area (Å²) >= 11 is 0. The molecule has 0 radical (unpaired) electrons. The van der Waals surface area contributed by atoms with Gasteiger partial charge in [0, 0.05) is 25.6 Å². The zero-order valence-corrected chi connectivity index (χ0v) is 14.1. The lowest BCUT2D eigenvalue weighted by atomic mass is 9.95. The number of benzene rings is 1. The van der Waals surface area contributed by atoms with Crippen LogP contribution in [0.3, 0.4) is 0 Å². The van der Waals surface area contributed by atoms with Crippen LogP contribution in [0.4, 0.5) is 0 Å². The van der Waals surface area contributed by atoms with Crippen molar-refractivity contribution in [3.05, 3.63) is 35.9 Å². The standard InChI is InChI=1S/C20H29NO2/c22-20(14-13-19-10-6-16-23-19)21-15-5-4-9-18(21)12-11-17-7-2-1-3-8-17/h1-3,7-8,18-19H,4-6,9-16H2/t18-,19+/m1/s1. The van der Waals surface area contributed by atoms with Crippen LogP contribution in [0.15, 0.2) is 30.3 Å². The van der Waals surface area contributed by atoms with E-state index < -0.39 is 0 Å². The van der Waals surface area contributed by atoms with Crippen molar-refractivity contribution in [3.8, 4) is 0 Å². The van der Waals surface area contributed by atoms with Gasteiger partial charge in [0.15, 0.2) is 0 Å². The SMILES string of the molecule is O=C(CC[C@@H]1CCCO1)N1CCCC[C@@H]1CCc1ccccc1. The van der Waals surface area contributed by atoms with E-state index in [1.165, 1.54) is 18.4 Å². The Kier molecular flexibility index (Phi) is 6.09. The van der Waals surface area contributed by atoms with Crippen LogP contribution >= 0.6 is 0 Å². The molecule has 126 valence electrons. The van der Waals surface area contributed by atoms with Crippen LogP contribution in [0.1, 0.15) is 56.9 Å². The average molecular weight is 315 g/mol. The lowest BCUT2D eigenvalue weighted by Gasteiger charge is -2.36. The molecular formula is C20H29NO2. The molecule has 2 atom stereocenters. The largest absolute Gasteiger partial charge is 0.378 e. The number of hydrogen-bond donors (Lipinski definition) is 0. The monoisotopic (exact) mass is 315 g/mol. The van der Waals surface area contributed by atoms with E-state index in [0.29, 0.717) is 24.5 Å². The second kappa shape index (κ2) is 8.49. The number of nitrogens with zero attached hydrogens (tertiary/aromatic N) is 1. The van der Waals surface area contributed by atoms with Crippen LogP contribution in [0.2, 0.25) is 0 Å². The molecule has 2 aliphatic rings. The summed E-state index contributed by atoms with van der Waals surface area (Å²) in [4.78, 5) is 14.8. The van der Waals surface area contributed by atoms with Gasteiger partial charge in [-0.3, -0.25) is 4.79 Å². The van der Waals surface area contributed by atoms with E-state index in [0.717, 1.165) is 51.7 Å². The van der Waals surface area contributed by atoms with Crippen molar-refractivity contribution in [2.24, 2.45) is 0 Å². The van der Waals surface area contributed by atoms with Crippen molar-refractivity contribution in [3.63, 3.8) is 0 Å². The third-order valence-corrected chi connectivity index (χ3v) is 5.26. The lowest BCUT2D eigenvalue weighted by Crippen LogP contribution is -2.44. The van der Waals surface area contributed by atoms with Gasteiger partial charge in [0.2, 0.25) is 5.91 Å². The maximum absolute atomic E-state index is 12.6. The molecule has 0 aliphatic carbocycles. The minimum atomic E-state index is 0.325. The molecule has 0 spiro atoms. The molecule has 0 unspecified atom stereocenters. The maximum Gasteiger partial charge on any atom is 0.222 e. The number of carbonyl (C=O) groups is 1.